The molecule has 1 aliphatic rings. The number of hydrogen-bond donors (Lipinski definition) is 0. The molecule has 172 valence electrons. The van der Waals surface area contributed by atoms with Crippen LogP contribution in [0.5, 0.6) is 0 Å². The highest BCUT2D eigenvalue weighted by Crippen LogP contribution is 2.29. The van der Waals surface area contributed by atoms with E-state index in [9.17, 15) is 4.79 Å². The van der Waals surface area contributed by atoms with Gasteiger partial charge in [0.2, 0.25) is 0 Å². The van der Waals surface area contributed by atoms with Crippen LogP contribution in [-0.2, 0) is 4.79 Å². The van der Waals surface area contributed by atoms with Crippen molar-refractivity contribution in [2.45, 2.75) is 66.7 Å². The van der Waals surface area contributed by atoms with Gasteiger partial charge in [0.25, 0.3) is 0 Å². The van der Waals surface area contributed by atoms with Gasteiger partial charge < -0.3 is 4.79 Å². The third-order valence-electron chi connectivity index (χ3n) is 6.23. The molecule has 0 amide bonds. The first-order chi connectivity index (χ1) is 15.3. The van der Waals surface area contributed by atoms with Gasteiger partial charge in [0.1, 0.15) is 5.78 Å². The number of Topliss-reactive ketones (excluding diaryl/α,β-unsaturated/α-hetero) is 1. The smallest absolute Gasteiger partial charge is 0.129 e. The number of benzene rings is 2. The molecule has 3 rings (SSSR count). The first-order valence-electron chi connectivity index (χ1n) is 12.0. The molecule has 0 N–H and O–H groups in total. The fourth-order valence-electron chi connectivity index (χ4n) is 4.40. The predicted molar refractivity (Wildman–Crippen MR) is 140 cm³/mol. The number of allylic oxidation sites excluding steroid dienone is 1. The molecule has 32 heavy (non-hydrogen) atoms. The number of unbranched alkanes of at least 4 members (excludes halogenated alkanes) is 2. The van der Waals surface area contributed by atoms with Crippen molar-refractivity contribution in [3.8, 4) is 0 Å². The summed E-state index contributed by atoms with van der Waals surface area (Å²) in [5.74, 6) is 0.319. The number of nitrogens with zero attached hydrogens (tertiary/aromatic N) is 1. The zero-order valence-electron chi connectivity index (χ0n) is 20.8. The molecule has 0 radical (unpaired) electrons. The fraction of sp³-hybridized carbons (Fsp3) is 0.433. The number of hydrogen-bond acceptors (Lipinski definition) is 2. The van der Waals surface area contributed by atoms with Crippen LogP contribution in [0.25, 0.3) is 11.1 Å². The number of ketones is 1. The summed E-state index contributed by atoms with van der Waals surface area (Å²) >= 11 is 0. The van der Waals surface area contributed by atoms with Crippen LogP contribution in [0.2, 0.25) is 0 Å². The predicted octanol–water partition coefficient (Wildman–Crippen LogP) is 7.65. The van der Waals surface area contributed by atoms with Gasteiger partial charge in [-0.05, 0) is 88.3 Å². The molecule has 0 spiro atoms. The normalized spacial score (nSPS) is 14.0. The summed E-state index contributed by atoms with van der Waals surface area (Å²) in [7, 11) is 0. The number of aryl methyl sites for hydroxylation is 2. The average molecular weight is 432 g/mol. The van der Waals surface area contributed by atoms with Gasteiger partial charge in [0.05, 0.1) is 0 Å². The minimum atomic E-state index is 0.319. The Morgan fingerprint density at radius 1 is 0.906 bits per heavy atom. The summed E-state index contributed by atoms with van der Waals surface area (Å²) in [6, 6.07) is 17.0. The summed E-state index contributed by atoms with van der Waals surface area (Å²) in [5.41, 5.74) is 9.58. The number of carbonyl (C=O) groups is 1. The van der Waals surface area contributed by atoms with E-state index in [1.807, 2.05) is 19.1 Å². The van der Waals surface area contributed by atoms with E-state index in [-0.39, 0.29) is 0 Å². The molecule has 1 aliphatic heterocycles. The molecular formula is C30H41NO. The summed E-state index contributed by atoms with van der Waals surface area (Å²) in [4.78, 5) is 13.5. The van der Waals surface area contributed by atoms with Gasteiger partial charge in [0.15, 0.2) is 0 Å². The topological polar surface area (TPSA) is 20.3 Å². The molecule has 0 saturated heterocycles. The van der Waals surface area contributed by atoms with Gasteiger partial charge >= 0.3 is 0 Å². The molecule has 2 aromatic rings. The first kappa shape index (κ1) is 25.8. The Morgan fingerprint density at radius 2 is 1.56 bits per heavy atom. The van der Waals surface area contributed by atoms with Gasteiger partial charge in [-0.3, -0.25) is 4.90 Å². The van der Waals surface area contributed by atoms with Crippen LogP contribution in [0.3, 0.4) is 0 Å². The van der Waals surface area contributed by atoms with Crippen molar-refractivity contribution in [1.29, 1.82) is 0 Å². The summed E-state index contributed by atoms with van der Waals surface area (Å²) in [6.07, 6.45) is 5.33. The van der Waals surface area contributed by atoms with Crippen LogP contribution in [0.1, 0.15) is 75.1 Å². The molecule has 0 unspecified atom stereocenters. The van der Waals surface area contributed by atoms with E-state index in [0.29, 0.717) is 5.78 Å². The van der Waals surface area contributed by atoms with E-state index in [4.69, 9.17) is 0 Å². The molecule has 2 heteroatoms. The van der Waals surface area contributed by atoms with Gasteiger partial charge in [0, 0.05) is 19.5 Å². The van der Waals surface area contributed by atoms with Crippen LogP contribution in [0, 0.1) is 13.8 Å². The second-order valence-electron chi connectivity index (χ2n) is 9.21. The third kappa shape index (κ3) is 8.24. The van der Waals surface area contributed by atoms with Gasteiger partial charge in [-0.15, -0.1) is 0 Å². The van der Waals surface area contributed by atoms with Crippen LogP contribution in [0.4, 0.5) is 0 Å². The zero-order chi connectivity index (χ0) is 23.5. The molecule has 0 aliphatic carbocycles. The fourth-order valence-corrected chi connectivity index (χ4v) is 4.40. The van der Waals surface area contributed by atoms with Crippen molar-refractivity contribution in [3.05, 3.63) is 82.9 Å². The van der Waals surface area contributed by atoms with E-state index in [1.54, 1.807) is 12.5 Å². The molecule has 0 aromatic heterocycles. The van der Waals surface area contributed by atoms with Gasteiger partial charge in [-0.25, -0.2) is 0 Å². The molecule has 2 aromatic carbocycles. The lowest BCUT2D eigenvalue weighted by atomic mass is 9.91. The largest absolute Gasteiger partial charge is 0.300 e. The third-order valence-corrected chi connectivity index (χ3v) is 6.23. The van der Waals surface area contributed by atoms with Crippen LogP contribution >= 0.6 is 0 Å². The Balaban J connectivity index is 0.000000303. The highest BCUT2D eigenvalue weighted by molar-refractivity contribution is 5.75. The standard InChI is InChI=1S/C20H29NO.C10H12/c1-16-9-6-7-11-19(16)20-12-14-21(15-17(20)2)13-8-4-5-10-18(3)22;1-8(2)10-7-5-4-6-9(10)3/h6-7,9,11H,4-5,8,10,12-15H2,1-3H3;4-7H,1H2,2-3H3. The summed E-state index contributed by atoms with van der Waals surface area (Å²) in [5, 5.41) is 0. The highest BCUT2D eigenvalue weighted by atomic mass is 16.1. The van der Waals surface area contributed by atoms with Crippen molar-refractivity contribution in [2.24, 2.45) is 0 Å². The Kier molecular flexibility index (Phi) is 10.6. The van der Waals surface area contributed by atoms with Crippen LogP contribution in [0.15, 0.2) is 60.7 Å². The van der Waals surface area contributed by atoms with E-state index in [1.165, 1.54) is 40.7 Å². The molecule has 0 fully saturated rings. The molecule has 0 saturated carbocycles. The van der Waals surface area contributed by atoms with Crippen molar-refractivity contribution in [3.63, 3.8) is 0 Å². The lowest BCUT2D eigenvalue weighted by Gasteiger charge is -2.30. The number of carbonyl (C=O) groups excluding carboxylic acids is 1. The van der Waals surface area contributed by atoms with Gasteiger partial charge in [-0.1, -0.05) is 72.7 Å². The maximum atomic E-state index is 10.9. The second kappa shape index (κ2) is 13.2. The SMILES string of the molecule is C=C(C)c1ccccc1C.CC(=O)CCCCCN1CCC(c2ccccc2C)=C(C)C1. The summed E-state index contributed by atoms with van der Waals surface area (Å²) in [6.45, 7) is 17.6. The Hall–Kier alpha value is -2.45. The molecule has 1 heterocycles. The minimum Gasteiger partial charge on any atom is -0.300 e. The monoisotopic (exact) mass is 431 g/mol. The Bertz CT molecular complexity index is 937. The average Bonchev–Trinajstić information content (AvgIpc) is 2.75. The molecular weight excluding hydrogens is 390 g/mol. The molecule has 0 bridgehead atoms. The summed E-state index contributed by atoms with van der Waals surface area (Å²) < 4.78 is 0. The molecule has 2 nitrogen and oxygen atoms in total. The lowest BCUT2D eigenvalue weighted by molar-refractivity contribution is -0.117. The second-order valence-corrected chi connectivity index (χ2v) is 9.21. The van der Waals surface area contributed by atoms with Crippen molar-refractivity contribution >= 4 is 16.9 Å². The Labute approximate surface area is 196 Å². The lowest BCUT2D eigenvalue weighted by Crippen LogP contribution is -2.31. The van der Waals surface area contributed by atoms with Crippen LogP contribution in [-0.4, -0.2) is 30.3 Å². The van der Waals surface area contributed by atoms with E-state index < -0.39 is 0 Å². The van der Waals surface area contributed by atoms with Crippen LogP contribution < -0.4 is 0 Å². The zero-order valence-corrected chi connectivity index (χ0v) is 20.8. The minimum absolute atomic E-state index is 0.319. The van der Waals surface area contributed by atoms with Gasteiger partial charge in [-0.2, -0.15) is 0 Å². The van der Waals surface area contributed by atoms with E-state index in [2.05, 4.69) is 68.6 Å². The quantitative estimate of drug-likeness (QED) is 0.400. The number of rotatable bonds is 8. The maximum Gasteiger partial charge on any atom is 0.129 e. The van der Waals surface area contributed by atoms with Crippen molar-refractivity contribution in [2.75, 3.05) is 19.6 Å². The molecule has 0 atom stereocenters. The maximum absolute atomic E-state index is 10.9. The van der Waals surface area contributed by atoms with E-state index >= 15 is 0 Å². The first-order valence-corrected chi connectivity index (χ1v) is 12.0. The van der Waals surface area contributed by atoms with Crippen molar-refractivity contribution < 1.29 is 4.79 Å². The van der Waals surface area contributed by atoms with Crippen molar-refractivity contribution in [1.82, 2.24) is 4.90 Å². The van der Waals surface area contributed by atoms with E-state index in [0.717, 1.165) is 44.5 Å². The Morgan fingerprint density at radius 3 is 2.12 bits per heavy atom. The highest BCUT2D eigenvalue weighted by Gasteiger charge is 2.17.